The molecular formula is C14H20N2O4. The molecule has 1 atom stereocenters. The Labute approximate surface area is 118 Å². The minimum Gasteiger partial charge on any atom is -0.396 e. The molecule has 0 aliphatic heterocycles. The van der Waals surface area contributed by atoms with Crippen molar-refractivity contribution >= 4 is 11.6 Å². The van der Waals surface area contributed by atoms with E-state index in [1.54, 1.807) is 12.1 Å². The number of carbonyl (C=O) groups excluding carboxylic acids is 1. The topological polar surface area (TPSA) is 92.5 Å². The van der Waals surface area contributed by atoms with Gasteiger partial charge in [0.25, 0.3) is 5.69 Å². The highest BCUT2D eigenvalue weighted by Crippen LogP contribution is 2.14. The molecule has 1 amide bonds. The number of nitro groups is 1. The molecule has 0 aromatic heterocycles. The molecule has 6 nitrogen and oxygen atoms in total. The van der Waals surface area contributed by atoms with E-state index >= 15 is 0 Å². The second kappa shape index (κ2) is 8.27. The number of aryl methyl sites for hydroxylation is 1. The number of non-ortho nitro benzene ring substituents is 1. The molecule has 110 valence electrons. The number of benzene rings is 1. The second-order valence-corrected chi connectivity index (χ2v) is 4.76. The number of hydrogen-bond acceptors (Lipinski definition) is 4. The number of nitrogens with one attached hydrogen (secondary N) is 1. The number of aliphatic hydroxyl groups excluding tert-OH is 1. The maximum Gasteiger partial charge on any atom is 0.269 e. The molecule has 0 saturated heterocycles. The van der Waals surface area contributed by atoms with Crippen molar-refractivity contribution in [3.8, 4) is 0 Å². The lowest BCUT2D eigenvalue weighted by Crippen LogP contribution is -2.32. The van der Waals surface area contributed by atoms with Gasteiger partial charge in [-0.25, -0.2) is 0 Å². The van der Waals surface area contributed by atoms with Crippen molar-refractivity contribution in [1.29, 1.82) is 0 Å². The Hall–Kier alpha value is -1.95. The van der Waals surface area contributed by atoms with Crippen molar-refractivity contribution < 1.29 is 14.8 Å². The average molecular weight is 280 g/mol. The first-order valence-electron chi connectivity index (χ1n) is 6.66. The Morgan fingerprint density at radius 1 is 1.50 bits per heavy atom. The van der Waals surface area contributed by atoms with Crippen LogP contribution in [0, 0.1) is 10.1 Å². The first-order valence-corrected chi connectivity index (χ1v) is 6.66. The van der Waals surface area contributed by atoms with Crippen LogP contribution in [-0.2, 0) is 11.2 Å². The van der Waals surface area contributed by atoms with E-state index in [0.717, 1.165) is 12.0 Å². The predicted molar refractivity (Wildman–Crippen MR) is 75.3 cm³/mol. The SMILES string of the molecule is CC(CCCO)NC(=O)CCc1cccc([N+](=O)[O-])c1. The Bertz CT molecular complexity index is 462. The van der Waals surface area contributed by atoms with Gasteiger partial charge in [0.2, 0.25) is 5.91 Å². The van der Waals surface area contributed by atoms with Crippen LogP contribution in [0.4, 0.5) is 5.69 Å². The number of nitrogens with zero attached hydrogens (tertiary/aromatic N) is 1. The van der Waals surface area contributed by atoms with Crippen LogP contribution in [0.25, 0.3) is 0 Å². The van der Waals surface area contributed by atoms with Gasteiger partial charge in [0.15, 0.2) is 0 Å². The fourth-order valence-electron chi connectivity index (χ4n) is 1.90. The summed E-state index contributed by atoms with van der Waals surface area (Å²) in [4.78, 5) is 21.9. The number of rotatable bonds is 8. The summed E-state index contributed by atoms with van der Waals surface area (Å²) < 4.78 is 0. The predicted octanol–water partition coefficient (Wildman–Crippen LogP) is 1.80. The van der Waals surface area contributed by atoms with E-state index in [1.807, 2.05) is 6.92 Å². The molecule has 20 heavy (non-hydrogen) atoms. The summed E-state index contributed by atoms with van der Waals surface area (Å²) in [6, 6.07) is 6.34. The molecule has 0 aliphatic carbocycles. The van der Waals surface area contributed by atoms with E-state index in [1.165, 1.54) is 12.1 Å². The summed E-state index contributed by atoms with van der Waals surface area (Å²) in [6.07, 6.45) is 2.16. The molecular weight excluding hydrogens is 260 g/mol. The third kappa shape index (κ3) is 5.79. The maximum atomic E-state index is 11.7. The highest BCUT2D eigenvalue weighted by molar-refractivity contribution is 5.76. The molecule has 0 heterocycles. The van der Waals surface area contributed by atoms with E-state index in [9.17, 15) is 14.9 Å². The van der Waals surface area contributed by atoms with Gasteiger partial charge >= 0.3 is 0 Å². The molecule has 1 rings (SSSR count). The van der Waals surface area contributed by atoms with Gasteiger partial charge < -0.3 is 10.4 Å². The van der Waals surface area contributed by atoms with Gasteiger partial charge in [0.05, 0.1) is 4.92 Å². The number of hydrogen-bond donors (Lipinski definition) is 2. The maximum absolute atomic E-state index is 11.7. The number of nitro benzene ring substituents is 1. The van der Waals surface area contributed by atoms with Crippen LogP contribution in [0.15, 0.2) is 24.3 Å². The molecule has 1 unspecified atom stereocenters. The van der Waals surface area contributed by atoms with E-state index in [-0.39, 0.29) is 24.2 Å². The van der Waals surface area contributed by atoms with Crippen LogP contribution in [0.3, 0.4) is 0 Å². The van der Waals surface area contributed by atoms with Crippen molar-refractivity contribution in [1.82, 2.24) is 5.32 Å². The van der Waals surface area contributed by atoms with Gasteiger partial charge in [0.1, 0.15) is 0 Å². The van der Waals surface area contributed by atoms with Gasteiger partial charge in [0, 0.05) is 31.2 Å². The molecule has 0 fully saturated rings. The second-order valence-electron chi connectivity index (χ2n) is 4.76. The molecule has 0 aliphatic rings. The zero-order valence-corrected chi connectivity index (χ0v) is 11.5. The molecule has 0 saturated carbocycles. The van der Waals surface area contributed by atoms with E-state index < -0.39 is 4.92 Å². The van der Waals surface area contributed by atoms with E-state index in [2.05, 4.69) is 5.32 Å². The quantitative estimate of drug-likeness (QED) is 0.561. The Morgan fingerprint density at radius 2 is 2.25 bits per heavy atom. The van der Waals surface area contributed by atoms with Crippen molar-refractivity contribution in [2.45, 2.75) is 38.6 Å². The van der Waals surface area contributed by atoms with Gasteiger partial charge in [-0.2, -0.15) is 0 Å². The standard InChI is InChI=1S/C14H20N2O4/c1-11(4-3-9-17)15-14(18)8-7-12-5-2-6-13(10-12)16(19)20/h2,5-6,10-11,17H,3-4,7-9H2,1H3,(H,15,18). The molecule has 0 spiro atoms. The molecule has 0 bridgehead atoms. The van der Waals surface area contributed by atoms with Gasteiger partial charge in [-0.3, -0.25) is 14.9 Å². The smallest absolute Gasteiger partial charge is 0.269 e. The first kappa shape index (κ1) is 16.1. The third-order valence-electron chi connectivity index (χ3n) is 2.96. The minimum absolute atomic E-state index is 0.0276. The average Bonchev–Trinajstić information content (AvgIpc) is 2.43. The van der Waals surface area contributed by atoms with Crippen LogP contribution < -0.4 is 5.32 Å². The highest BCUT2D eigenvalue weighted by Gasteiger charge is 2.09. The minimum atomic E-state index is -0.444. The highest BCUT2D eigenvalue weighted by atomic mass is 16.6. The normalized spacial score (nSPS) is 11.9. The van der Waals surface area contributed by atoms with Gasteiger partial charge in [-0.1, -0.05) is 12.1 Å². The lowest BCUT2D eigenvalue weighted by molar-refractivity contribution is -0.384. The van der Waals surface area contributed by atoms with Crippen LogP contribution in [-0.4, -0.2) is 28.6 Å². The number of amides is 1. The molecule has 1 aromatic rings. The van der Waals surface area contributed by atoms with Crippen molar-refractivity contribution in [2.75, 3.05) is 6.61 Å². The van der Waals surface area contributed by atoms with Gasteiger partial charge in [-0.15, -0.1) is 0 Å². The van der Waals surface area contributed by atoms with Crippen molar-refractivity contribution in [2.24, 2.45) is 0 Å². The summed E-state index contributed by atoms with van der Waals surface area (Å²) in [7, 11) is 0. The van der Waals surface area contributed by atoms with E-state index in [4.69, 9.17) is 5.11 Å². The third-order valence-corrected chi connectivity index (χ3v) is 2.96. The Kier molecular flexibility index (Phi) is 6.66. The van der Waals surface area contributed by atoms with Crippen molar-refractivity contribution in [3.63, 3.8) is 0 Å². The zero-order chi connectivity index (χ0) is 15.0. The summed E-state index contributed by atoms with van der Waals surface area (Å²) >= 11 is 0. The largest absolute Gasteiger partial charge is 0.396 e. The lowest BCUT2D eigenvalue weighted by atomic mass is 10.1. The molecule has 1 aromatic carbocycles. The van der Waals surface area contributed by atoms with Crippen LogP contribution >= 0.6 is 0 Å². The molecule has 6 heteroatoms. The number of carbonyl (C=O) groups is 1. The fourth-order valence-corrected chi connectivity index (χ4v) is 1.90. The summed E-state index contributed by atoms with van der Waals surface area (Å²) in [6.45, 7) is 2.01. The monoisotopic (exact) mass is 280 g/mol. The summed E-state index contributed by atoms with van der Waals surface area (Å²) in [5.74, 6) is -0.0815. The zero-order valence-electron chi connectivity index (χ0n) is 11.5. The van der Waals surface area contributed by atoms with Crippen LogP contribution in [0.5, 0.6) is 0 Å². The molecule has 0 radical (unpaired) electrons. The van der Waals surface area contributed by atoms with Crippen LogP contribution in [0.1, 0.15) is 31.7 Å². The summed E-state index contributed by atoms with van der Waals surface area (Å²) in [5, 5.41) is 22.2. The van der Waals surface area contributed by atoms with E-state index in [0.29, 0.717) is 19.3 Å². The fraction of sp³-hybridized carbons (Fsp3) is 0.500. The van der Waals surface area contributed by atoms with Gasteiger partial charge in [-0.05, 0) is 31.7 Å². The Balaban J connectivity index is 2.41. The lowest BCUT2D eigenvalue weighted by Gasteiger charge is -2.13. The summed E-state index contributed by atoms with van der Waals surface area (Å²) in [5.41, 5.74) is 0.816. The van der Waals surface area contributed by atoms with Crippen LogP contribution in [0.2, 0.25) is 0 Å². The Morgan fingerprint density at radius 3 is 2.90 bits per heavy atom. The number of aliphatic hydroxyl groups is 1. The molecule has 2 N–H and O–H groups in total. The first-order chi connectivity index (χ1) is 9.52. The van der Waals surface area contributed by atoms with Crippen molar-refractivity contribution in [3.05, 3.63) is 39.9 Å².